The average Bonchev–Trinajstić information content (AvgIpc) is 2.67. The maximum Gasteiger partial charge on any atom is 0.472 e. The molecule has 9 heteroatoms. The molecule has 0 bridgehead atoms. The van der Waals surface area contributed by atoms with Crippen LogP contribution in [0.1, 0.15) is 71.1 Å². The minimum absolute atomic E-state index is 0.0536. The molecule has 2 atom stereocenters. The van der Waals surface area contributed by atoms with Crippen LogP contribution in [0.15, 0.2) is 12.2 Å². The molecule has 0 heterocycles. The molecule has 0 saturated carbocycles. The molecular weight excluding hydrogens is 421 g/mol. The first-order valence-electron chi connectivity index (χ1n) is 11.5. The van der Waals surface area contributed by atoms with Crippen molar-refractivity contribution in [3.63, 3.8) is 0 Å². The number of quaternary nitrogens is 1. The molecule has 0 radical (unpaired) electrons. The van der Waals surface area contributed by atoms with Crippen molar-refractivity contribution in [2.45, 2.75) is 77.2 Å². The van der Waals surface area contributed by atoms with Gasteiger partial charge in [-0.25, -0.2) is 4.57 Å². The Kier molecular flexibility index (Phi) is 17.3. The van der Waals surface area contributed by atoms with Crippen LogP contribution in [0, 0.1) is 0 Å². The molecule has 0 aromatic carbocycles. The minimum atomic E-state index is -4.24. The summed E-state index contributed by atoms with van der Waals surface area (Å²) in [5.41, 5.74) is 0. The molecule has 0 saturated heterocycles. The second-order valence-electron chi connectivity index (χ2n) is 8.87. The fourth-order valence-electron chi connectivity index (χ4n) is 2.58. The standard InChI is InChI=1S/C22H44NO7P/c1-5-6-7-8-9-10-11-12-13-14-15-16-22(25)28-19-21(24)20-30-31(26,27)29-18-17-23(2,3)4/h8-9,21,24H,5-7,10-20H2,1-4H3/p+1/b9-8+/t21-/m1/s1. The van der Waals surface area contributed by atoms with Gasteiger partial charge in [0.05, 0.1) is 27.7 Å². The van der Waals surface area contributed by atoms with E-state index < -0.39 is 20.5 Å². The molecule has 0 fully saturated rings. The van der Waals surface area contributed by atoms with Crippen LogP contribution in [0.5, 0.6) is 0 Å². The molecular formula is C22H45NO7P+. The Morgan fingerprint density at radius 3 is 2.23 bits per heavy atom. The maximum absolute atomic E-state index is 11.8. The van der Waals surface area contributed by atoms with Crippen LogP contribution in [0.2, 0.25) is 0 Å². The number of ether oxygens (including phenoxy) is 1. The van der Waals surface area contributed by atoms with E-state index >= 15 is 0 Å². The van der Waals surface area contributed by atoms with Gasteiger partial charge in [0.2, 0.25) is 0 Å². The number of likely N-dealkylation sites (N-methyl/N-ethyl adjacent to an activating group) is 1. The highest BCUT2D eigenvalue weighted by Gasteiger charge is 2.24. The first-order valence-corrected chi connectivity index (χ1v) is 13.0. The highest BCUT2D eigenvalue weighted by molar-refractivity contribution is 7.47. The number of aliphatic hydroxyl groups excluding tert-OH is 1. The number of rotatable bonds is 20. The summed E-state index contributed by atoms with van der Waals surface area (Å²) in [7, 11) is 1.55. The lowest BCUT2D eigenvalue weighted by Gasteiger charge is -2.24. The highest BCUT2D eigenvalue weighted by atomic mass is 31.2. The lowest BCUT2D eigenvalue weighted by Crippen LogP contribution is -2.37. The number of unbranched alkanes of at least 4 members (excludes halogenated alkanes) is 7. The first-order chi connectivity index (χ1) is 14.6. The van der Waals surface area contributed by atoms with E-state index in [2.05, 4.69) is 19.1 Å². The first kappa shape index (κ1) is 30.2. The molecule has 0 aliphatic heterocycles. The van der Waals surface area contributed by atoms with Gasteiger partial charge in [-0.05, 0) is 25.7 Å². The van der Waals surface area contributed by atoms with Crippen molar-refractivity contribution in [2.24, 2.45) is 0 Å². The van der Waals surface area contributed by atoms with Crippen molar-refractivity contribution in [1.29, 1.82) is 0 Å². The summed E-state index contributed by atoms with van der Waals surface area (Å²) >= 11 is 0. The summed E-state index contributed by atoms with van der Waals surface area (Å²) < 4.78 is 26.9. The largest absolute Gasteiger partial charge is 0.472 e. The number of carbonyl (C=O) groups excluding carboxylic acids is 1. The Morgan fingerprint density at radius 2 is 1.58 bits per heavy atom. The molecule has 1 unspecified atom stereocenters. The van der Waals surface area contributed by atoms with E-state index in [4.69, 9.17) is 13.8 Å². The fourth-order valence-corrected chi connectivity index (χ4v) is 3.32. The van der Waals surface area contributed by atoms with E-state index in [9.17, 15) is 19.4 Å². The van der Waals surface area contributed by atoms with Crippen molar-refractivity contribution < 1.29 is 37.6 Å². The Morgan fingerprint density at radius 1 is 0.968 bits per heavy atom. The van der Waals surface area contributed by atoms with Gasteiger partial charge < -0.3 is 19.2 Å². The van der Waals surface area contributed by atoms with Gasteiger partial charge >= 0.3 is 13.8 Å². The zero-order valence-corrected chi connectivity index (χ0v) is 20.9. The van der Waals surface area contributed by atoms with Crippen LogP contribution in [0.4, 0.5) is 0 Å². The molecule has 0 aromatic rings. The molecule has 184 valence electrons. The zero-order chi connectivity index (χ0) is 23.6. The van der Waals surface area contributed by atoms with Crippen LogP contribution in [-0.2, 0) is 23.1 Å². The van der Waals surface area contributed by atoms with E-state index in [0.29, 0.717) is 17.4 Å². The predicted octanol–water partition coefficient (Wildman–Crippen LogP) is 4.21. The lowest BCUT2D eigenvalue weighted by atomic mass is 10.1. The molecule has 31 heavy (non-hydrogen) atoms. The topological polar surface area (TPSA) is 102 Å². The zero-order valence-electron chi connectivity index (χ0n) is 20.0. The Bertz CT molecular complexity index is 534. The molecule has 0 spiro atoms. The van der Waals surface area contributed by atoms with Crippen molar-refractivity contribution in [2.75, 3.05) is 47.5 Å². The molecule has 0 aliphatic rings. The van der Waals surface area contributed by atoms with E-state index in [1.165, 1.54) is 25.7 Å². The van der Waals surface area contributed by atoms with Gasteiger partial charge in [-0.2, -0.15) is 0 Å². The monoisotopic (exact) mass is 466 g/mol. The van der Waals surface area contributed by atoms with Crippen molar-refractivity contribution in [3.05, 3.63) is 12.2 Å². The number of phosphoric ester groups is 1. The van der Waals surface area contributed by atoms with Crippen molar-refractivity contribution in [3.8, 4) is 0 Å². The lowest BCUT2D eigenvalue weighted by molar-refractivity contribution is -0.870. The summed E-state index contributed by atoms with van der Waals surface area (Å²) in [6, 6.07) is 0. The number of aliphatic hydroxyl groups is 1. The fraction of sp³-hybridized carbons (Fsp3) is 0.864. The summed E-state index contributed by atoms with van der Waals surface area (Å²) in [6.07, 6.45) is 13.6. The summed E-state index contributed by atoms with van der Waals surface area (Å²) in [4.78, 5) is 21.3. The van der Waals surface area contributed by atoms with E-state index in [-0.39, 0.29) is 19.2 Å². The predicted molar refractivity (Wildman–Crippen MR) is 123 cm³/mol. The van der Waals surface area contributed by atoms with E-state index in [0.717, 1.165) is 32.1 Å². The number of carbonyl (C=O) groups is 1. The SMILES string of the molecule is CCCC/C=C/CCCCCCCC(=O)OC[C@@H](O)COP(=O)(O)OCC[N+](C)(C)C. The summed E-state index contributed by atoms with van der Waals surface area (Å²) in [6.45, 7) is 2.06. The third-order valence-electron chi connectivity index (χ3n) is 4.53. The summed E-state index contributed by atoms with van der Waals surface area (Å²) in [5.74, 6) is -0.385. The average molecular weight is 467 g/mol. The second kappa shape index (κ2) is 17.8. The van der Waals surface area contributed by atoms with Crippen LogP contribution in [0.25, 0.3) is 0 Å². The smallest absolute Gasteiger partial charge is 0.463 e. The number of hydrogen-bond donors (Lipinski definition) is 2. The number of allylic oxidation sites excluding steroid dienone is 2. The van der Waals surface area contributed by atoms with Crippen LogP contribution >= 0.6 is 7.82 Å². The highest BCUT2D eigenvalue weighted by Crippen LogP contribution is 2.43. The molecule has 2 N–H and O–H groups in total. The number of esters is 1. The number of phosphoric acid groups is 1. The molecule has 0 amide bonds. The van der Waals surface area contributed by atoms with Gasteiger partial charge in [0, 0.05) is 6.42 Å². The third-order valence-corrected chi connectivity index (χ3v) is 5.51. The third kappa shape index (κ3) is 22.2. The van der Waals surface area contributed by atoms with E-state index in [1.54, 1.807) is 0 Å². The van der Waals surface area contributed by atoms with Gasteiger partial charge in [-0.3, -0.25) is 13.8 Å². The van der Waals surface area contributed by atoms with E-state index in [1.807, 2.05) is 21.1 Å². The quantitative estimate of drug-likeness (QED) is 0.0911. The van der Waals surface area contributed by atoms with Crippen molar-refractivity contribution in [1.82, 2.24) is 0 Å². The van der Waals surface area contributed by atoms with Gasteiger partial charge in [0.15, 0.2) is 0 Å². The normalized spacial score (nSPS) is 15.2. The molecule has 8 nitrogen and oxygen atoms in total. The Balaban J connectivity index is 3.68. The molecule has 0 aliphatic carbocycles. The Hall–Kier alpha value is -0.760. The number of hydrogen-bond acceptors (Lipinski definition) is 6. The maximum atomic E-state index is 11.8. The second-order valence-corrected chi connectivity index (χ2v) is 10.3. The van der Waals surface area contributed by atoms with Gasteiger partial charge in [-0.1, -0.05) is 51.2 Å². The minimum Gasteiger partial charge on any atom is -0.463 e. The van der Waals surface area contributed by atoms with Gasteiger partial charge in [0.1, 0.15) is 25.9 Å². The summed E-state index contributed by atoms with van der Waals surface area (Å²) in [5, 5.41) is 9.78. The van der Waals surface area contributed by atoms with Crippen LogP contribution in [-0.4, -0.2) is 74.1 Å². The number of nitrogens with zero attached hydrogens (tertiary/aromatic N) is 1. The van der Waals surface area contributed by atoms with Crippen LogP contribution < -0.4 is 0 Å². The Labute approximate surface area is 188 Å². The van der Waals surface area contributed by atoms with Gasteiger partial charge in [0.25, 0.3) is 0 Å². The van der Waals surface area contributed by atoms with Crippen molar-refractivity contribution >= 4 is 13.8 Å². The van der Waals surface area contributed by atoms with Crippen LogP contribution in [0.3, 0.4) is 0 Å². The molecule has 0 rings (SSSR count). The molecule has 0 aromatic heterocycles. The van der Waals surface area contributed by atoms with Gasteiger partial charge in [-0.15, -0.1) is 0 Å².